The molecule has 0 spiro atoms. The van der Waals surface area contributed by atoms with E-state index in [9.17, 15) is 97.0 Å². The molecular weight excluding hydrogens is 1350 g/mol. The predicted molar refractivity (Wildman–Crippen MR) is 332 cm³/mol. The van der Waals surface area contributed by atoms with E-state index in [1.165, 1.54) is 6.92 Å². The van der Waals surface area contributed by atoms with Crippen LogP contribution in [0.3, 0.4) is 0 Å². The number of rotatable bonds is 17. The van der Waals surface area contributed by atoms with Gasteiger partial charge in [0.2, 0.25) is 6.29 Å². The van der Waals surface area contributed by atoms with Gasteiger partial charge in [-0.2, -0.15) is 0 Å². The van der Waals surface area contributed by atoms with Crippen LogP contribution in [0.1, 0.15) is 106 Å². The number of fused-ring (bicyclic) bond motifs is 7. The normalized spacial score (nSPS) is 55.3. The van der Waals surface area contributed by atoms with Crippen molar-refractivity contribution in [2.45, 2.75) is 296 Å². The molecule has 4 saturated carbocycles. The summed E-state index contributed by atoms with van der Waals surface area (Å²) in [5, 5.41) is 210. The molecule has 39 atom stereocenters. The fraction of sp³-hybridized carbons (Fsp3) is 0.955. The Labute approximate surface area is 583 Å². The SMILES string of the molecule is C[C@@H]1O[C@H](O[C@@H]2[C@@H](OC(=O)[C@@]34CCC(C)(C)C[C@H]3C3=CC[C@H]5[C@@]6(C)C[C@@H](O)[C@@H](O[C@H]7O[C@@H](CO)[C@H](O)[C@@H](O[C@H]8OC[C@H](O)[C@@H](O)[C@@H]8O)[C@@H]7O)[C@](C)(CO)[C@H]6CC[C@@]5(C)[C@@]3(C)CC4)OC[C@H](O)[C@H]2O)[C@@H](O)[C@H](O[C@H]2OC[C@@](O)(CO)[C@@H]2O)[C@H]1O[C@H]1OC[C@H](O)[C@@H](O[C@H]2OC[C@H](O)[C@@H](O)[C@@H]2O)[C@@H]1O. The average Bonchev–Trinajstić information content (AvgIpc) is 0.934. The summed E-state index contributed by atoms with van der Waals surface area (Å²) in [5.74, 6) is -1.50. The summed E-state index contributed by atoms with van der Waals surface area (Å²) in [6, 6.07) is 0. The van der Waals surface area contributed by atoms with E-state index in [1.807, 2.05) is 6.92 Å². The zero-order chi connectivity index (χ0) is 73.3. The highest BCUT2D eigenvalue weighted by atomic mass is 16.8. The molecule has 34 nitrogen and oxygen atoms in total. The predicted octanol–water partition coefficient (Wildman–Crippen LogP) is -6.39. The van der Waals surface area contributed by atoms with Gasteiger partial charge in [0.15, 0.2) is 43.8 Å². The Kier molecular flexibility index (Phi) is 22.8. The van der Waals surface area contributed by atoms with Crippen molar-refractivity contribution >= 4 is 5.97 Å². The Hall–Kier alpha value is -2.07. The molecule has 0 aromatic heterocycles. The minimum Gasteiger partial charge on any atom is -0.432 e. The molecule has 7 aliphatic heterocycles. The van der Waals surface area contributed by atoms with Crippen LogP contribution in [0.25, 0.3) is 0 Å². The van der Waals surface area contributed by atoms with Gasteiger partial charge in [-0.05, 0) is 104 Å². The van der Waals surface area contributed by atoms with Gasteiger partial charge in [-0.15, -0.1) is 0 Å². The quantitative estimate of drug-likeness (QED) is 0.0366. The molecule has 0 aromatic carbocycles. The van der Waals surface area contributed by atoms with E-state index in [4.69, 9.17) is 66.3 Å². The third-order valence-corrected chi connectivity index (χ3v) is 26.0. The van der Waals surface area contributed by atoms with Gasteiger partial charge in [0.05, 0.1) is 76.6 Å². The number of ether oxygens (including phenoxy) is 14. The van der Waals surface area contributed by atoms with Crippen LogP contribution in [0.15, 0.2) is 11.6 Å². The molecule has 12 aliphatic rings. The first kappa shape index (κ1) is 78.5. The van der Waals surface area contributed by atoms with E-state index >= 15 is 4.79 Å². The van der Waals surface area contributed by atoms with Gasteiger partial charge in [-0.3, -0.25) is 4.79 Å². The number of esters is 1. The summed E-state index contributed by atoms with van der Waals surface area (Å²) in [6.45, 7) is 9.32. The van der Waals surface area contributed by atoms with Crippen LogP contribution in [-0.2, 0) is 71.1 Å². The van der Waals surface area contributed by atoms with Crippen LogP contribution in [-0.4, -0.2) is 346 Å². The Morgan fingerprint density at radius 3 is 1.64 bits per heavy atom. The zero-order valence-electron chi connectivity index (χ0n) is 57.8. The maximum Gasteiger partial charge on any atom is 0.315 e. The zero-order valence-corrected chi connectivity index (χ0v) is 57.8. The maximum absolute atomic E-state index is 15.7. The number of carbonyl (C=O) groups is 1. The Balaban J connectivity index is 0.771. The number of hydrogen-bond donors (Lipinski definition) is 19. The molecule has 7 heterocycles. The van der Waals surface area contributed by atoms with Crippen molar-refractivity contribution < 1.29 is 168 Å². The second kappa shape index (κ2) is 29.4. The smallest absolute Gasteiger partial charge is 0.315 e. The number of aliphatic hydroxyl groups is 19. The molecule has 580 valence electrons. The van der Waals surface area contributed by atoms with Crippen molar-refractivity contribution in [3.8, 4) is 0 Å². The van der Waals surface area contributed by atoms with Gasteiger partial charge in [0.25, 0.3) is 0 Å². The average molecular weight is 1460 g/mol. The van der Waals surface area contributed by atoms with Crippen LogP contribution in [0.5, 0.6) is 0 Å². The topological polar surface area (TPSA) is 531 Å². The lowest BCUT2D eigenvalue weighted by Crippen LogP contribution is -2.70. The molecule has 101 heavy (non-hydrogen) atoms. The second-order valence-corrected chi connectivity index (χ2v) is 32.6. The van der Waals surface area contributed by atoms with Crippen molar-refractivity contribution in [3.63, 3.8) is 0 Å². The molecule has 0 bridgehead atoms. The highest BCUT2D eigenvalue weighted by molar-refractivity contribution is 5.79. The van der Waals surface area contributed by atoms with Gasteiger partial charge >= 0.3 is 5.97 Å². The highest BCUT2D eigenvalue weighted by Gasteiger charge is 2.72. The lowest BCUT2D eigenvalue weighted by atomic mass is 9.33. The Bertz CT molecular complexity index is 2880. The number of aliphatic hydroxyl groups excluding tert-OH is 18. The van der Waals surface area contributed by atoms with Gasteiger partial charge in [0, 0.05) is 5.41 Å². The Morgan fingerprint density at radius 1 is 0.495 bits per heavy atom. The van der Waals surface area contributed by atoms with Crippen molar-refractivity contribution in [2.75, 3.05) is 52.9 Å². The van der Waals surface area contributed by atoms with Crippen molar-refractivity contribution in [1.82, 2.24) is 0 Å². The Morgan fingerprint density at radius 2 is 1.03 bits per heavy atom. The highest BCUT2D eigenvalue weighted by Crippen LogP contribution is 2.76. The largest absolute Gasteiger partial charge is 0.432 e. The lowest BCUT2D eigenvalue weighted by Gasteiger charge is -2.72. The van der Waals surface area contributed by atoms with E-state index in [-0.39, 0.29) is 23.7 Å². The van der Waals surface area contributed by atoms with Crippen LogP contribution in [0.2, 0.25) is 0 Å². The third-order valence-electron chi connectivity index (χ3n) is 26.0. The second-order valence-electron chi connectivity index (χ2n) is 32.6. The van der Waals surface area contributed by atoms with Crippen molar-refractivity contribution in [2.24, 2.45) is 50.2 Å². The maximum atomic E-state index is 15.7. The first-order valence-corrected chi connectivity index (χ1v) is 35.5. The first-order valence-electron chi connectivity index (χ1n) is 35.5. The fourth-order valence-corrected chi connectivity index (χ4v) is 19.7. The summed E-state index contributed by atoms with van der Waals surface area (Å²) < 4.78 is 83.5. The molecule has 12 rings (SSSR count). The van der Waals surface area contributed by atoms with Crippen molar-refractivity contribution in [3.05, 3.63) is 11.6 Å². The van der Waals surface area contributed by atoms with Gasteiger partial charge in [-0.25, -0.2) is 0 Å². The van der Waals surface area contributed by atoms with Crippen LogP contribution in [0.4, 0.5) is 0 Å². The monoisotopic (exact) mass is 1460 g/mol. The van der Waals surface area contributed by atoms with Gasteiger partial charge < -0.3 is 163 Å². The molecule has 5 aliphatic carbocycles. The summed E-state index contributed by atoms with van der Waals surface area (Å²) in [4.78, 5) is 15.7. The lowest BCUT2D eigenvalue weighted by molar-refractivity contribution is -0.385. The molecule has 0 radical (unpaired) electrons. The summed E-state index contributed by atoms with van der Waals surface area (Å²) in [7, 11) is 0. The minimum absolute atomic E-state index is 0.119. The number of hydrogen-bond acceptors (Lipinski definition) is 34. The molecule has 11 fully saturated rings. The number of allylic oxidation sites excluding steroid dienone is 2. The number of carbonyl (C=O) groups excluding carboxylic acids is 1. The molecular formula is C67H108O34. The van der Waals surface area contributed by atoms with Crippen molar-refractivity contribution in [1.29, 1.82) is 0 Å². The van der Waals surface area contributed by atoms with E-state index in [2.05, 4.69) is 40.7 Å². The standard InChI is InChI=1S/C67H108O34/c1-26-46(95-55-43(82)47(33(75)22-90-55)96-53-41(80)37(76)30(72)19-88-53)49(98-59-51(85)67(87,24-70)25-92-59)45(84)56(93-26)99-50-39(78)32(74)21-91-58(50)101-60(86)66-14-12-61(2,3)16-28(66)27-8-9-36-62(4)17-29(71)52(63(5,23-69)35(62)10-11-65(36,7)64(27,6)13-15-66)100-57-44(83)48(40(79)34(18-68)94-57)97-54-42(81)38(77)31(73)20-89-54/h8,26,28-59,68-85,87H,9-25H2,1-7H3/t26-,28-,29+,30-,31-,32-,33-,34-,35-,36-,37+,38+,39+,40-,41-,42-,43-,44-,45-,46-,47+,48+,49-,50-,51+,52+,53+,54+,55+,56+,57+,58+,59+,62-,63+,64-,65+,66+,67-/m0/s1. The summed E-state index contributed by atoms with van der Waals surface area (Å²) in [5.41, 5.74) is -5.53. The van der Waals surface area contributed by atoms with E-state index in [1.54, 1.807) is 0 Å². The molecule has 0 amide bonds. The van der Waals surface area contributed by atoms with Gasteiger partial charge in [0.1, 0.15) is 122 Å². The third kappa shape index (κ3) is 13.5. The van der Waals surface area contributed by atoms with Gasteiger partial charge in [-0.1, -0.05) is 53.2 Å². The molecule has 19 N–H and O–H groups in total. The van der Waals surface area contributed by atoms with Crippen LogP contribution in [0, 0.1) is 50.2 Å². The minimum atomic E-state index is -2.24. The molecule has 0 aromatic rings. The molecule has 7 saturated heterocycles. The molecule has 34 heteroatoms. The summed E-state index contributed by atoms with van der Waals surface area (Å²) in [6.07, 6.45) is -43.7. The van der Waals surface area contributed by atoms with Crippen LogP contribution < -0.4 is 0 Å². The first-order chi connectivity index (χ1) is 47.5. The fourth-order valence-electron chi connectivity index (χ4n) is 19.7. The summed E-state index contributed by atoms with van der Waals surface area (Å²) >= 11 is 0. The van der Waals surface area contributed by atoms with E-state index < -0.39 is 282 Å². The van der Waals surface area contributed by atoms with E-state index in [0.29, 0.717) is 51.4 Å². The molecule has 0 unspecified atom stereocenters. The van der Waals surface area contributed by atoms with Crippen LogP contribution >= 0.6 is 0 Å². The van der Waals surface area contributed by atoms with E-state index in [0.717, 1.165) is 5.57 Å².